The molecule has 0 saturated carbocycles. The van der Waals surface area contributed by atoms with Gasteiger partial charge >= 0.3 is 5.97 Å². The highest BCUT2D eigenvalue weighted by molar-refractivity contribution is 5.90. The minimum Gasteiger partial charge on any atom is -0.490 e. The summed E-state index contributed by atoms with van der Waals surface area (Å²) in [6.07, 6.45) is 0. The van der Waals surface area contributed by atoms with Crippen LogP contribution in [-0.2, 0) is 4.74 Å². The lowest BCUT2D eigenvalue weighted by Crippen LogP contribution is -2.12. The molecule has 2 N–H and O–H groups in total. The molecule has 0 bridgehead atoms. The lowest BCUT2D eigenvalue weighted by Gasteiger charge is -2.07. The monoisotopic (exact) mass is 257 g/mol. The van der Waals surface area contributed by atoms with Gasteiger partial charge in [0.15, 0.2) is 0 Å². The van der Waals surface area contributed by atoms with Crippen molar-refractivity contribution in [2.45, 2.75) is 0 Å². The predicted molar refractivity (Wildman–Crippen MR) is 73.1 cm³/mol. The summed E-state index contributed by atoms with van der Waals surface area (Å²) in [6.45, 7) is 0.514. The van der Waals surface area contributed by atoms with Gasteiger partial charge in [0.25, 0.3) is 0 Å². The Hall–Kier alpha value is -2.49. The van der Waals surface area contributed by atoms with Crippen LogP contribution in [0.3, 0.4) is 0 Å². The minimum absolute atomic E-state index is 0.197. The first-order valence-electron chi connectivity index (χ1n) is 5.96. The van der Waals surface area contributed by atoms with Crippen LogP contribution in [0.15, 0.2) is 54.6 Å². The second-order valence-electron chi connectivity index (χ2n) is 3.92. The first kappa shape index (κ1) is 13.0. The van der Waals surface area contributed by atoms with Gasteiger partial charge in [-0.05, 0) is 30.3 Å². The third-order valence-electron chi connectivity index (χ3n) is 2.45. The zero-order chi connectivity index (χ0) is 13.5. The summed E-state index contributed by atoms with van der Waals surface area (Å²) in [5.74, 6) is 0.353. The van der Waals surface area contributed by atoms with E-state index in [0.29, 0.717) is 17.9 Å². The number of benzene rings is 2. The van der Waals surface area contributed by atoms with Crippen LogP contribution in [0.25, 0.3) is 0 Å². The Balaban J connectivity index is 1.75. The van der Waals surface area contributed by atoms with Gasteiger partial charge < -0.3 is 15.2 Å². The Morgan fingerprint density at radius 1 is 1.00 bits per heavy atom. The van der Waals surface area contributed by atoms with Crippen LogP contribution in [0, 0.1) is 0 Å². The molecule has 2 aromatic rings. The van der Waals surface area contributed by atoms with Crippen LogP contribution in [-0.4, -0.2) is 19.2 Å². The molecule has 0 aliphatic heterocycles. The normalized spacial score (nSPS) is 9.89. The summed E-state index contributed by atoms with van der Waals surface area (Å²) in [5, 5.41) is 0. The van der Waals surface area contributed by atoms with Crippen molar-refractivity contribution >= 4 is 11.7 Å². The maximum Gasteiger partial charge on any atom is 0.338 e. The number of anilines is 1. The summed E-state index contributed by atoms with van der Waals surface area (Å²) < 4.78 is 10.5. The molecule has 4 heteroatoms. The standard InChI is InChI=1S/C15H15NO3/c16-13-6-4-5-12(11-13)15(17)19-10-9-18-14-7-2-1-3-8-14/h1-8,11H,9-10,16H2. The van der Waals surface area contributed by atoms with Crippen LogP contribution < -0.4 is 10.5 Å². The molecule has 0 unspecified atom stereocenters. The number of carbonyl (C=O) groups is 1. The highest BCUT2D eigenvalue weighted by Gasteiger charge is 2.06. The molecule has 0 fully saturated rings. The van der Waals surface area contributed by atoms with Gasteiger partial charge in [0.1, 0.15) is 19.0 Å². The second-order valence-corrected chi connectivity index (χ2v) is 3.92. The van der Waals surface area contributed by atoms with Crippen molar-refractivity contribution in [1.82, 2.24) is 0 Å². The molecule has 4 nitrogen and oxygen atoms in total. The minimum atomic E-state index is -0.399. The number of hydrogen-bond donors (Lipinski definition) is 1. The van der Waals surface area contributed by atoms with E-state index in [2.05, 4.69) is 0 Å². The summed E-state index contributed by atoms with van der Waals surface area (Å²) in [6, 6.07) is 16.0. The van der Waals surface area contributed by atoms with Gasteiger partial charge in [0.05, 0.1) is 5.56 Å². The summed E-state index contributed by atoms with van der Waals surface area (Å²) in [5.41, 5.74) is 6.58. The molecule has 2 aromatic carbocycles. The highest BCUT2D eigenvalue weighted by Crippen LogP contribution is 2.09. The van der Waals surface area contributed by atoms with E-state index in [1.54, 1.807) is 24.3 Å². The van der Waals surface area contributed by atoms with Gasteiger partial charge in [-0.3, -0.25) is 0 Å². The van der Waals surface area contributed by atoms with Crippen LogP contribution in [0.2, 0.25) is 0 Å². The van der Waals surface area contributed by atoms with E-state index in [0.717, 1.165) is 5.75 Å². The van der Waals surface area contributed by atoms with E-state index in [1.807, 2.05) is 30.3 Å². The van der Waals surface area contributed by atoms with Crippen molar-refractivity contribution in [3.63, 3.8) is 0 Å². The molecule has 0 saturated heterocycles. The molecule has 0 amide bonds. The summed E-state index contributed by atoms with van der Waals surface area (Å²) in [4.78, 5) is 11.7. The molecule has 0 heterocycles. The highest BCUT2D eigenvalue weighted by atomic mass is 16.6. The largest absolute Gasteiger partial charge is 0.490 e. The van der Waals surface area contributed by atoms with Crippen molar-refractivity contribution in [2.24, 2.45) is 0 Å². The zero-order valence-electron chi connectivity index (χ0n) is 10.4. The fourth-order valence-corrected chi connectivity index (χ4v) is 1.56. The molecule has 98 valence electrons. The maximum atomic E-state index is 11.7. The van der Waals surface area contributed by atoms with Gasteiger partial charge in [-0.1, -0.05) is 24.3 Å². The van der Waals surface area contributed by atoms with Gasteiger partial charge in [-0.25, -0.2) is 4.79 Å². The molecule has 19 heavy (non-hydrogen) atoms. The predicted octanol–water partition coefficient (Wildman–Crippen LogP) is 2.50. The molecule has 0 radical (unpaired) electrons. The van der Waals surface area contributed by atoms with Gasteiger partial charge in [0.2, 0.25) is 0 Å². The Bertz CT molecular complexity index is 540. The Labute approximate surface area is 111 Å². The van der Waals surface area contributed by atoms with Crippen LogP contribution >= 0.6 is 0 Å². The topological polar surface area (TPSA) is 61.6 Å². The van der Waals surface area contributed by atoms with Gasteiger partial charge in [0, 0.05) is 5.69 Å². The number of nitrogens with two attached hydrogens (primary N) is 1. The number of ether oxygens (including phenoxy) is 2. The van der Waals surface area contributed by atoms with Gasteiger partial charge in [-0.2, -0.15) is 0 Å². The van der Waals surface area contributed by atoms with E-state index in [9.17, 15) is 4.79 Å². The van der Waals surface area contributed by atoms with Crippen molar-refractivity contribution < 1.29 is 14.3 Å². The Morgan fingerprint density at radius 2 is 1.79 bits per heavy atom. The Morgan fingerprint density at radius 3 is 2.53 bits per heavy atom. The van der Waals surface area contributed by atoms with E-state index in [1.165, 1.54) is 0 Å². The third kappa shape index (κ3) is 4.03. The number of rotatable bonds is 5. The maximum absolute atomic E-state index is 11.7. The molecule has 0 atom stereocenters. The zero-order valence-corrected chi connectivity index (χ0v) is 10.4. The lowest BCUT2D eigenvalue weighted by molar-refractivity contribution is 0.0450. The van der Waals surface area contributed by atoms with Crippen molar-refractivity contribution in [3.05, 3.63) is 60.2 Å². The molecule has 0 aliphatic carbocycles. The van der Waals surface area contributed by atoms with Crippen molar-refractivity contribution in [2.75, 3.05) is 18.9 Å². The number of para-hydroxylation sites is 1. The van der Waals surface area contributed by atoms with Crippen LogP contribution in [0.1, 0.15) is 10.4 Å². The average molecular weight is 257 g/mol. The first-order chi connectivity index (χ1) is 9.25. The van der Waals surface area contributed by atoms with E-state index in [-0.39, 0.29) is 6.61 Å². The van der Waals surface area contributed by atoms with Crippen LogP contribution in [0.4, 0.5) is 5.69 Å². The second kappa shape index (κ2) is 6.44. The first-order valence-corrected chi connectivity index (χ1v) is 5.96. The number of esters is 1. The fourth-order valence-electron chi connectivity index (χ4n) is 1.56. The quantitative estimate of drug-likeness (QED) is 0.508. The number of nitrogen functional groups attached to an aromatic ring is 1. The number of carbonyl (C=O) groups excluding carboxylic acids is 1. The molecule has 0 spiro atoms. The van der Waals surface area contributed by atoms with Gasteiger partial charge in [-0.15, -0.1) is 0 Å². The smallest absolute Gasteiger partial charge is 0.338 e. The van der Waals surface area contributed by atoms with Crippen LogP contribution in [0.5, 0.6) is 5.75 Å². The molecule has 2 rings (SSSR count). The molecule has 0 aliphatic rings. The number of hydrogen-bond acceptors (Lipinski definition) is 4. The molecular weight excluding hydrogens is 242 g/mol. The fraction of sp³-hybridized carbons (Fsp3) is 0.133. The van der Waals surface area contributed by atoms with E-state index in [4.69, 9.17) is 15.2 Å². The van der Waals surface area contributed by atoms with Crippen molar-refractivity contribution in [1.29, 1.82) is 0 Å². The molecular formula is C15H15NO3. The van der Waals surface area contributed by atoms with E-state index < -0.39 is 5.97 Å². The Kier molecular flexibility index (Phi) is 4.39. The van der Waals surface area contributed by atoms with E-state index >= 15 is 0 Å². The SMILES string of the molecule is Nc1cccc(C(=O)OCCOc2ccccc2)c1. The summed E-state index contributed by atoms with van der Waals surface area (Å²) >= 11 is 0. The van der Waals surface area contributed by atoms with Crippen molar-refractivity contribution in [3.8, 4) is 5.75 Å². The molecule has 0 aromatic heterocycles. The summed E-state index contributed by atoms with van der Waals surface area (Å²) in [7, 11) is 0. The average Bonchev–Trinajstić information content (AvgIpc) is 2.44. The lowest BCUT2D eigenvalue weighted by atomic mass is 10.2. The third-order valence-corrected chi connectivity index (χ3v) is 2.45.